The van der Waals surface area contributed by atoms with Gasteiger partial charge in [-0.3, -0.25) is 4.79 Å². The number of carbonyl (C=O) groups excluding carboxylic acids is 1. The van der Waals surface area contributed by atoms with Crippen LogP contribution in [0.3, 0.4) is 0 Å². The number of nitrogens with zero attached hydrogens (tertiary/aromatic N) is 2. The number of nitrogens with one attached hydrogen (secondary N) is 2. The molecule has 2 heterocycles. The lowest BCUT2D eigenvalue weighted by Gasteiger charge is -2.04. The van der Waals surface area contributed by atoms with Crippen molar-refractivity contribution in [3.63, 3.8) is 0 Å². The van der Waals surface area contributed by atoms with Gasteiger partial charge in [0.1, 0.15) is 11.3 Å². The van der Waals surface area contributed by atoms with Gasteiger partial charge in [0, 0.05) is 12.1 Å². The molecule has 1 saturated carbocycles. The van der Waals surface area contributed by atoms with Gasteiger partial charge in [-0.2, -0.15) is 0 Å². The van der Waals surface area contributed by atoms with E-state index in [0.717, 1.165) is 12.8 Å². The maximum Gasteiger partial charge on any atom is 0.228 e. The van der Waals surface area contributed by atoms with E-state index < -0.39 is 0 Å². The predicted molar refractivity (Wildman–Crippen MR) is 90.7 cm³/mol. The average molecular weight is 347 g/mol. The molecule has 0 atom stereocenters. The molecule has 3 aromatic rings. The Morgan fingerprint density at radius 1 is 1.22 bits per heavy atom. The number of anilines is 1. The van der Waals surface area contributed by atoms with E-state index in [-0.39, 0.29) is 11.8 Å². The Balaban J connectivity index is 1.80. The molecule has 0 aliphatic heterocycles. The third kappa shape index (κ3) is 2.66. The first-order chi connectivity index (χ1) is 11.1. The van der Waals surface area contributed by atoms with Gasteiger partial charge in [0.2, 0.25) is 5.91 Å². The molecule has 2 aromatic heterocycles. The highest BCUT2D eigenvalue weighted by Gasteiger charge is 2.30. The van der Waals surface area contributed by atoms with Gasteiger partial charge in [0.25, 0.3) is 0 Å². The smallest absolute Gasteiger partial charge is 0.228 e. The molecule has 116 valence electrons. The highest BCUT2D eigenvalue weighted by atomic mass is 35.5. The first-order valence-electron chi connectivity index (χ1n) is 7.23. The number of aromatic nitrogens is 3. The molecule has 1 aliphatic rings. The van der Waals surface area contributed by atoms with Crippen LogP contribution in [0.2, 0.25) is 10.0 Å². The summed E-state index contributed by atoms with van der Waals surface area (Å²) < 4.78 is 0. The second kappa shape index (κ2) is 5.51. The number of amides is 1. The van der Waals surface area contributed by atoms with Crippen LogP contribution in [0.25, 0.3) is 22.4 Å². The fourth-order valence-electron chi connectivity index (χ4n) is 2.44. The molecule has 1 amide bonds. The zero-order valence-electron chi connectivity index (χ0n) is 11.9. The molecule has 1 fully saturated rings. The van der Waals surface area contributed by atoms with Crippen molar-refractivity contribution < 1.29 is 4.79 Å². The third-order valence-electron chi connectivity index (χ3n) is 3.79. The van der Waals surface area contributed by atoms with Gasteiger partial charge in [-0.1, -0.05) is 29.3 Å². The number of halogens is 2. The summed E-state index contributed by atoms with van der Waals surface area (Å²) in [5.74, 6) is 1.12. The molecule has 1 aromatic carbocycles. The first kappa shape index (κ1) is 14.5. The molecular weight excluding hydrogens is 335 g/mol. The highest BCUT2D eigenvalue weighted by molar-refractivity contribution is 6.39. The van der Waals surface area contributed by atoms with E-state index in [9.17, 15) is 4.79 Å². The van der Waals surface area contributed by atoms with Crippen LogP contribution >= 0.6 is 23.2 Å². The number of pyridine rings is 1. The van der Waals surface area contributed by atoms with Gasteiger partial charge in [-0.15, -0.1) is 0 Å². The number of fused-ring (bicyclic) bond motifs is 1. The normalized spacial score (nSPS) is 14.2. The maximum atomic E-state index is 12.0. The van der Waals surface area contributed by atoms with E-state index in [0.29, 0.717) is 38.3 Å². The molecule has 0 spiro atoms. The molecular formula is C16H12Cl2N4O. The van der Waals surface area contributed by atoms with Gasteiger partial charge in [0.05, 0.1) is 21.1 Å². The number of H-pyrrole nitrogens is 1. The maximum absolute atomic E-state index is 12.0. The molecule has 5 nitrogen and oxygen atoms in total. The molecule has 0 unspecified atom stereocenters. The van der Waals surface area contributed by atoms with Crippen LogP contribution < -0.4 is 5.32 Å². The Bertz CT molecular complexity index is 897. The number of carbonyl (C=O) groups is 1. The van der Waals surface area contributed by atoms with Crippen LogP contribution in [-0.2, 0) is 4.79 Å². The second-order valence-electron chi connectivity index (χ2n) is 5.50. The third-order valence-corrected chi connectivity index (χ3v) is 4.42. The summed E-state index contributed by atoms with van der Waals surface area (Å²) in [5, 5.41) is 3.87. The highest BCUT2D eigenvalue weighted by Crippen LogP contribution is 2.35. The van der Waals surface area contributed by atoms with Crippen LogP contribution in [0.5, 0.6) is 0 Å². The van der Waals surface area contributed by atoms with Crippen molar-refractivity contribution in [1.29, 1.82) is 0 Å². The average Bonchev–Trinajstić information content (AvgIpc) is 3.28. The number of aromatic amines is 1. The lowest BCUT2D eigenvalue weighted by atomic mass is 10.2. The van der Waals surface area contributed by atoms with Crippen LogP contribution in [0, 0.1) is 5.92 Å². The molecule has 1 aliphatic carbocycles. The van der Waals surface area contributed by atoms with Crippen molar-refractivity contribution >= 4 is 46.0 Å². The lowest BCUT2D eigenvalue weighted by Crippen LogP contribution is -2.14. The number of benzene rings is 1. The molecule has 0 saturated heterocycles. The van der Waals surface area contributed by atoms with E-state index >= 15 is 0 Å². The number of hydrogen-bond donors (Lipinski definition) is 2. The molecule has 23 heavy (non-hydrogen) atoms. The van der Waals surface area contributed by atoms with Crippen LogP contribution in [0.1, 0.15) is 12.8 Å². The van der Waals surface area contributed by atoms with Crippen molar-refractivity contribution in [2.24, 2.45) is 5.92 Å². The topological polar surface area (TPSA) is 70.7 Å². The standard InChI is InChI=1S/C16H12Cl2N4O/c17-9-2-1-3-10(18)12(9)14-20-11-6-7-19-15(13(11)21-14)22-16(23)8-4-5-8/h1-3,6-8H,4-5H2,(H,20,21)(H,19,22,23). The summed E-state index contributed by atoms with van der Waals surface area (Å²) in [5.41, 5.74) is 1.98. The Hall–Kier alpha value is -2.11. The summed E-state index contributed by atoms with van der Waals surface area (Å²) in [4.78, 5) is 23.9. The monoisotopic (exact) mass is 346 g/mol. The summed E-state index contributed by atoms with van der Waals surface area (Å²) >= 11 is 12.5. The largest absolute Gasteiger partial charge is 0.335 e. The van der Waals surface area contributed by atoms with Gasteiger partial charge in [-0.25, -0.2) is 9.97 Å². The van der Waals surface area contributed by atoms with Crippen molar-refractivity contribution in [3.8, 4) is 11.4 Å². The quantitative estimate of drug-likeness (QED) is 0.743. The Morgan fingerprint density at radius 2 is 1.96 bits per heavy atom. The first-order valence-corrected chi connectivity index (χ1v) is 7.99. The van der Waals surface area contributed by atoms with Crippen LogP contribution in [0.15, 0.2) is 30.5 Å². The molecule has 4 rings (SSSR count). The van der Waals surface area contributed by atoms with E-state index in [4.69, 9.17) is 23.2 Å². The SMILES string of the molecule is O=C(Nc1nccc2nc(-c3c(Cl)cccc3Cl)[nH]c12)C1CC1. The van der Waals surface area contributed by atoms with E-state index in [1.165, 1.54) is 0 Å². The minimum Gasteiger partial charge on any atom is -0.335 e. The van der Waals surface area contributed by atoms with Crippen LogP contribution in [0.4, 0.5) is 5.82 Å². The fourth-order valence-corrected chi connectivity index (χ4v) is 3.01. The molecule has 0 bridgehead atoms. The van der Waals surface area contributed by atoms with E-state index in [2.05, 4.69) is 20.3 Å². The van der Waals surface area contributed by atoms with E-state index in [1.54, 1.807) is 30.5 Å². The molecule has 2 N–H and O–H groups in total. The van der Waals surface area contributed by atoms with Gasteiger partial charge >= 0.3 is 0 Å². The fraction of sp³-hybridized carbons (Fsp3) is 0.188. The van der Waals surface area contributed by atoms with E-state index in [1.807, 2.05) is 0 Å². The van der Waals surface area contributed by atoms with Gasteiger partial charge in [-0.05, 0) is 31.0 Å². The minimum atomic E-state index is -0.00285. The van der Waals surface area contributed by atoms with Gasteiger partial charge < -0.3 is 10.3 Å². The van der Waals surface area contributed by atoms with Crippen molar-refractivity contribution in [1.82, 2.24) is 15.0 Å². The van der Waals surface area contributed by atoms with Crippen molar-refractivity contribution in [3.05, 3.63) is 40.5 Å². The lowest BCUT2D eigenvalue weighted by molar-refractivity contribution is -0.117. The van der Waals surface area contributed by atoms with Gasteiger partial charge in [0.15, 0.2) is 5.82 Å². The summed E-state index contributed by atoms with van der Waals surface area (Å²) in [6.45, 7) is 0. The van der Waals surface area contributed by atoms with Crippen molar-refractivity contribution in [2.75, 3.05) is 5.32 Å². The van der Waals surface area contributed by atoms with Crippen molar-refractivity contribution in [2.45, 2.75) is 12.8 Å². The second-order valence-corrected chi connectivity index (χ2v) is 6.31. The summed E-state index contributed by atoms with van der Waals surface area (Å²) in [7, 11) is 0. The number of imidazole rings is 1. The molecule has 0 radical (unpaired) electrons. The summed E-state index contributed by atoms with van der Waals surface area (Å²) in [6.07, 6.45) is 3.49. The number of hydrogen-bond acceptors (Lipinski definition) is 3. The predicted octanol–water partition coefficient (Wildman–Crippen LogP) is 4.28. The Kier molecular flexibility index (Phi) is 3.47. The summed E-state index contributed by atoms with van der Waals surface area (Å²) in [6, 6.07) is 7.06. The zero-order chi connectivity index (χ0) is 16.0. The number of rotatable bonds is 3. The van der Waals surface area contributed by atoms with Crippen LogP contribution in [-0.4, -0.2) is 20.9 Å². The minimum absolute atomic E-state index is 0.00285. The Labute approximate surface area is 142 Å². The molecule has 7 heteroatoms. The Morgan fingerprint density at radius 3 is 2.65 bits per heavy atom. The zero-order valence-corrected chi connectivity index (χ0v) is 13.4.